The number of hydrogen-bond acceptors (Lipinski definition) is 4. The summed E-state index contributed by atoms with van der Waals surface area (Å²) in [5, 5.41) is 12.9. The van der Waals surface area contributed by atoms with E-state index in [1.165, 1.54) is 6.42 Å². The summed E-state index contributed by atoms with van der Waals surface area (Å²) in [5.74, 6) is 0. The second-order valence-corrected chi connectivity index (χ2v) is 4.22. The Morgan fingerprint density at radius 2 is 2.67 bits per heavy atom. The van der Waals surface area contributed by atoms with Crippen molar-refractivity contribution in [3.63, 3.8) is 0 Å². The maximum absolute atomic E-state index is 4.03. The topological polar surface area (TPSA) is 42.7 Å². The fourth-order valence-electron chi connectivity index (χ4n) is 1.26. The van der Waals surface area contributed by atoms with Crippen LogP contribution in [0.15, 0.2) is 11.5 Å². The van der Waals surface area contributed by atoms with E-state index in [9.17, 15) is 0 Å². The molecule has 1 aromatic heterocycles. The van der Waals surface area contributed by atoms with Crippen molar-refractivity contribution >= 4 is 11.8 Å². The summed E-state index contributed by atoms with van der Waals surface area (Å²) < 4.78 is 1.96. The highest BCUT2D eigenvalue weighted by Crippen LogP contribution is 2.23. The lowest BCUT2D eigenvalue weighted by Crippen LogP contribution is -2.10. The molecule has 1 saturated heterocycles. The number of aromatic nitrogens is 3. The molecule has 0 bridgehead atoms. The summed E-state index contributed by atoms with van der Waals surface area (Å²) in [7, 11) is 1.98. The van der Waals surface area contributed by atoms with E-state index < -0.39 is 0 Å². The van der Waals surface area contributed by atoms with E-state index in [4.69, 9.17) is 0 Å². The zero-order valence-corrected chi connectivity index (χ0v) is 7.84. The minimum absolute atomic E-state index is 0.674. The summed E-state index contributed by atoms with van der Waals surface area (Å²) in [5.41, 5.74) is 0. The van der Waals surface area contributed by atoms with Crippen LogP contribution in [-0.2, 0) is 7.05 Å². The Morgan fingerprint density at radius 3 is 3.25 bits per heavy atom. The second kappa shape index (κ2) is 3.45. The zero-order chi connectivity index (χ0) is 8.39. The molecule has 66 valence electrons. The molecule has 1 aromatic rings. The molecule has 1 atom stereocenters. The van der Waals surface area contributed by atoms with Gasteiger partial charge < -0.3 is 9.88 Å². The minimum Gasteiger partial charge on any atom is -0.316 e. The Kier molecular flexibility index (Phi) is 2.32. The van der Waals surface area contributed by atoms with Gasteiger partial charge in [-0.1, -0.05) is 11.8 Å². The molecule has 1 aliphatic rings. The van der Waals surface area contributed by atoms with E-state index >= 15 is 0 Å². The Labute approximate surface area is 75.8 Å². The van der Waals surface area contributed by atoms with Gasteiger partial charge in [-0.05, 0) is 13.0 Å². The normalized spacial score (nSPS) is 23.2. The van der Waals surface area contributed by atoms with Crippen molar-refractivity contribution in [1.29, 1.82) is 0 Å². The first-order chi connectivity index (χ1) is 5.86. The van der Waals surface area contributed by atoms with E-state index in [0.717, 1.165) is 18.2 Å². The number of hydrogen-bond donors (Lipinski definition) is 1. The van der Waals surface area contributed by atoms with E-state index in [-0.39, 0.29) is 0 Å². The third-order valence-electron chi connectivity index (χ3n) is 1.96. The quantitative estimate of drug-likeness (QED) is 0.716. The van der Waals surface area contributed by atoms with Crippen LogP contribution < -0.4 is 5.32 Å². The average Bonchev–Trinajstić information content (AvgIpc) is 2.65. The number of nitrogens with one attached hydrogen (secondary N) is 1. The Bertz CT molecular complexity index is 254. The number of thioether (sulfide) groups is 1. The van der Waals surface area contributed by atoms with Crippen LogP contribution in [0.5, 0.6) is 0 Å². The molecule has 0 radical (unpaired) electrons. The molecule has 0 unspecified atom stereocenters. The van der Waals surface area contributed by atoms with Crippen LogP contribution >= 0.6 is 11.8 Å². The lowest BCUT2D eigenvalue weighted by molar-refractivity contribution is 0.781. The van der Waals surface area contributed by atoms with Gasteiger partial charge in [0.05, 0.1) is 0 Å². The first kappa shape index (κ1) is 8.07. The maximum atomic E-state index is 4.03. The molecule has 0 saturated carbocycles. The van der Waals surface area contributed by atoms with Crippen LogP contribution in [-0.4, -0.2) is 33.1 Å². The zero-order valence-electron chi connectivity index (χ0n) is 7.03. The highest BCUT2D eigenvalue weighted by atomic mass is 32.2. The molecule has 2 heterocycles. The van der Waals surface area contributed by atoms with E-state index in [1.54, 1.807) is 6.33 Å². The van der Waals surface area contributed by atoms with Crippen molar-refractivity contribution in [2.75, 3.05) is 13.1 Å². The van der Waals surface area contributed by atoms with E-state index in [2.05, 4.69) is 15.5 Å². The molecule has 2 rings (SSSR count). The molecule has 5 heteroatoms. The van der Waals surface area contributed by atoms with Crippen molar-refractivity contribution in [2.24, 2.45) is 7.05 Å². The van der Waals surface area contributed by atoms with Crippen LogP contribution in [0.4, 0.5) is 0 Å². The Hall–Kier alpha value is -0.550. The summed E-state index contributed by atoms with van der Waals surface area (Å²) in [6.07, 6.45) is 2.97. The van der Waals surface area contributed by atoms with Gasteiger partial charge in [-0.25, -0.2) is 0 Å². The van der Waals surface area contributed by atoms with Crippen LogP contribution in [0.25, 0.3) is 0 Å². The van der Waals surface area contributed by atoms with Crippen molar-refractivity contribution in [3.8, 4) is 0 Å². The third kappa shape index (κ3) is 1.61. The molecule has 0 amide bonds. The number of aryl methyl sites for hydroxylation is 1. The van der Waals surface area contributed by atoms with Crippen molar-refractivity contribution < 1.29 is 0 Å². The molecule has 0 spiro atoms. The van der Waals surface area contributed by atoms with Gasteiger partial charge in [-0.15, -0.1) is 10.2 Å². The van der Waals surface area contributed by atoms with Gasteiger partial charge in [0.2, 0.25) is 0 Å². The van der Waals surface area contributed by atoms with Crippen LogP contribution in [0.3, 0.4) is 0 Å². The van der Waals surface area contributed by atoms with Crippen molar-refractivity contribution in [3.05, 3.63) is 6.33 Å². The maximum Gasteiger partial charge on any atom is 0.191 e. The van der Waals surface area contributed by atoms with Crippen LogP contribution in [0.1, 0.15) is 6.42 Å². The average molecular weight is 184 g/mol. The molecule has 1 fully saturated rings. The largest absolute Gasteiger partial charge is 0.316 e. The number of nitrogens with zero attached hydrogens (tertiary/aromatic N) is 3. The number of rotatable bonds is 2. The highest BCUT2D eigenvalue weighted by Gasteiger charge is 2.17. The Morgan fingerprint density at radius 1 is 1.75 bits per heavy atom. The Balaban J connectivity index is 1.98. The van der Waals surface area contributed by atoms with Gasteiger partial charge in [0.1, 0.15) is 6.33 Å². The van der Waals surface area contributed by atoms with E-state index in [1.807, 2.05) is 23.4 Å². The molecular weight excluding hydrogens is 172 g/mol. The SMILES string of the molecule is Cn1cnnc1S[C@@H]1CCNC1. The molecule has 4 nitrogen and oxygen atoms in total. The lowest BCUT2D eigenvalue weighted by Gasteiger charge is -2.05. The van der Waals surface area contributed by atoms with Crippen molar-refractivity contribution in [1.82, 2.24) is 20.1 Å². The first-order valence-corrected chi connectivity index (χ1v) is 4.95. The summed E-state index contributed by atoms with van der Waals surface area (Å²) >= 11 is 1.81. The van der Waals surface area contributed by atoms with Gasteiger partial charge >= 0.3 is 0 Å². The molecule has 12 heavy (non-hydrogen) atoms. The predicted octanol–water partition coefficient (Wildman–Crippen LogP) is 0.269. The summed E-state index contributed by atoms with van der Waals surface area (Å²) in [6, 6.07) is 0. The standard InChI is InChI=1S/C7H12N4S/c1-11-5-9-10-7(11)12-6-2-3-8-4-6/h5-6,8H,2-4H2,1H3/t6-/m1/s1. The fourth-order valence-corrected chi connectivity index (χ4v) is 2.30. The monoisotopic (exact) mass is 184 g/mol. The molecule has 0 aromatic carbocycles. The van der Waals surface area contributed by atoms with Gasteiger partial charge in [0.15, 0.2) is 5.16 Å². The lowest BCUT2D eigenvalue weighted by atomic mass is 10.4. The third-order valence-corrected chi connectivity index (χ3v) is 3.27. The van der Waals surface area contributed by atoms with Crippen molar-refractivity contribution in [2.45, 2.75) is 16.8 Å². The molecule has 1 aliphatic heterocycles. The minimum atomic E-state index is 0.674. The first-order valence-electron chi connectivity index (χ1n) is 4.07. The molecule has 0 aliphatic carbocycles. The highest BCUT2D eigenvalue weighted by molar-refractivity contribution is 7.99. The molecule has 1 N–H and O–H groups in total. The summed E-state index contributed by atoms with van der Waals surface area (Å²) in [4.78, 5) is 0. The fraction of sp³-hybridized carbons (Fsp3) is 0.714. The summed E-state index contributed by atoms with van der Waals surface area (Å²) in [6.45, 7) is 2.23. The smallest absolute Gasteiger partial charge is 0.191 e. The van der Waals surface area contributed by atoms with E-state index in [0.29, 0.717) is 5.25 Å². The predicted molar refractivity (Wildman–Crippen MR) is 48.1 cm³/mol. The van der Waals surface area contributed by atoms with Gasteiger partial charge in [-0.2, -0.15) is 0 Å². The van der Waals surface area contributed by atoms with Crippen LogP contribution in [0.2, 0.25) is 0 Å². The second-order valence-electron chi connectivity index (χ2n) is 2.96. The van der Waals surface area contributed by atoms with Gasteiger partial charge in [0.25, 0.3) is 0 Å². The van der Waals surface area contributed by atoms with Gasteiger partial charge in [0, 0.05) is 18.8 Å². The molecular formula is C7H12N4S. The van der Waals surface area contributed by atoms with Gasteiger partial charge in [-0.3, -0.25) is 0 Å². The van der Waals surface area contributed by atoms with Crippen LogP contribution in [0, 0.1) is 0 Å².